The zero-order valence-corrected chi connectivity index (χ0v) is 7.19. The van der Waals surface area contributed by atoms with E-state index >= 15 is 0 Å². The lowest BCUT2D eigenvalue weighted by atomic mass is 10.1. The lowest BCUT2D eigenvalue weighted by Gasteiger charge is -1.97. The van der Waals surface area contributed by atoms with Crippen LogP contribution in [0.5, 0.6) is 0 Å². The average molecular weight is 138 g/mol. The molecule has 0 nitrogen and oxygen atoms in total. The van der Waals surface area contributed by atoms with Gasteiger partial charge in [0.15, 0.2) is 0 Å². The molecule has 0 saturated heterocycles. The molecule has 0 spiro atoms. The van der Waals surface area contributed by atoms with E-state index in [1.165, 1.54) is 31.3 Å². The van der Waals surface area contributed by atoms with Gasteiger partial charge in [-0.05, 0) is 44.4 Å². The molecule has 0 aromatic carbocycles. The van der Waals surface area contributed by atoms with E-state index in [0.717, 1.165) is 11.8 Å². The fourth-order valence-corrected chi connectivity index (χ4v) is 1.47. The molecular weight excluding hydrogens is 120 g/mol. The van der Waals surface area contributed by atoms with Gasteiger partial charge in [0.25, 0.3) is 0 Å². The minimum Gasteiger partial charge on any atom is -0.100 e. The molecule has 0 amide bonds. The Morgan fingerprint density at radius 1 is 1.60 bits per heavy atom. The van der Waals surface area contributed by atoms with Gasteiger partial charge in [-0.3, -0.25) is 0 Å². The topological polar surface area (TPSA) is 0 Å². The van der Waals surface area contributed by atoms with E-state index in [4.69, 9.17) is 0 Å². The predicted octanol–water partition coefficient (Wildman–Crippen LogP) is 3.39. The number of hydrogen-bond donors (Lipinski definition) is 0. The Morgan fingerprint density at radius 3 is 2.60 bits per heavy atom. The Kier molecular flexibility index (Phi) is 2.53. The van der Waals surface area contributed by atoms with Crippen LogP contribution >= 0.6 is 0 Å². The normalized spacial score (nSPS) is 30.2. The third kappa shape index (κ3) is 2.55. The summed E-state index contributed by atoms with van der Waals surface area (Å²) >= 11 is 0. The van der Waals surface area contributed by atoms with E-state index in [1.807, 2.05) is 0 Å². The van der Waals surface area contributed by atoms with Crippen molar-refractivity contribution in [1.29, 1.82) is 0 Å². The van der Waals surface area contributed by atoms with Gasteiger partial charge in [-0.1, -0.05) is 12.5 Å². The van der Waals surface area contributed by atoms with Crippen molar-refractivity contribution in [2.75, 3.05) is 0 Å². The molecule has 0 aromatic heterocycles. The highest BCUT2D eigenvalue weighted by Gasteiger charge is 2.31. The molecule has 1 rings (SSSR count). The molecule has 0 radical (unpaired) electrons. The minimum absolute atomic E-state index is 1.03. The van der Waals surface area contributed by atoms with Crippen molar-refractivity contribution in [3.05, 3.63) is 12.2 Å². The highest BCUT2D eigenvalue weighted by molar-refractivity contribution is 4.89. The highest BCUT2D eigenvalue weighted by atomic mass is 14.4. The summed E-state index contributed by atoms with van der Waals surface area (Å²) in [5, 5.41) is 0. The Bertz CT molecular complexity index is 124. The fraction of sp³-hybridized carbons (Fsp3) is 0.800. The molecule has 0 aromatic rings. The van der Waals surface area contributed by atoms with Crippen LogP contribution in [-0.4, -0.2) is 0 Å². The monoisotopic (exact) mass is 138 g/mol. The zero-order chi connectivity index (χ0) is 7.56. The minimum atomic E-state index is 1.03. The Morgan fingerprint density at radius 2 is 2.20 bits per heavy atom. The lowest BCUT2D eigenvalue weighted by molar-refractivity contribution is 0.628. The van der Waals surface area contributed by atoms with Crippen LogP contribution in [0.2, 0.25) is 0 Å². The molecule has 58 valence electrons. The van der Waals surface area contributed by atoms with Gasteiger partial charge in [-0.15, -0.1) is 6.58 Å². The maximum atomic E-state index is 3.89. The Hall–Kier alpha value is -0.260. The molecule has 2 unspecified atom stereocenters. The van der Waals surface area contributed by atoms with E-state index in [9.17, 15) is 0 Å². The van der Waals surface area contributed by atoms with E-state index < -0.39 is 0 Å². The molecule has 1 fully saturated rings. The number of rotatable bonds is 4. The van der Waals surface area contributed by atoms with Gasteiger partial charge in [-0.25, -0.2) is 0 Å². The first-order valence-electron chi connectivity index (χ1n) is 4.34. The van der Waals surface area contributed by atoms with E-state index in [-0.39, 0.29) is 0 Å². The van der Waals surface area contributed by atoms with Crippen molar-refractivity contribution in [1.82, 2.24) is 0 Å². The van der Waals surface area contributed by atoms with Gasteiger partial charge in [0.2, 0.25) is 0 Å². The summed E-state index contributed by atoms with van der Waals surface area (Å²) in [5.74, 6) is 2.10. The van der Waals surface area contributed by atoms with Crippen LogP contribution in [0.1, 0.15) is 39.5 Å². The van der Waals surface area contributed by atoms with Crippen molar-refractivity contribution in [2.45, 2.75) is 39.5 Å². The smallest absolute Gasteiger partial charge is 0.0326 e. The van der Waals surface area contributed by atoms with Gasteiger partial charge >= 0.3 is 0 Å². The van der Waals surface area contributed by atoms with Gasteiger partial charge < -0.3 is 0 Å². The van der Waals surface area contributed by atoms with E-state index in [1.54, 1.807) is 0 Å². The summed E-state index contributed by atoms with van der Waals surface area (Å²) in [4.78, 5) is 0. The molecule has 0 aliphatic heterocycles. The first-order valence-corrected chi connectivity index (χ1v) is 4.34. The van der Waals surface area contributed by atoms with Gasteiger partial charge in [0.1, 0.15) is 0 Å². The van der Waals surface area contributed by atoms with Gasteiger partial charge in [0, 0.05) is 0 Å². The third-order valence-electron chi connectivity index (χ3n) is 2.45. The molecule has 0 bridgehead atoms. The molecule has 0 heteroatoms. The van der Waals surface area contributed by atoms with Gasteiger partial charge in [-0.2, -0.15) is 0 Å². The van der Waals surface area contributed by atoms with Crippen molar-refractivity contribution in [2.24, 2.45) is 11.8 Å². The fourth-order valence-electron chi connectivity index (χ4n) is 1.47. The molecular formula is C10H18. The summed E-state index contributed by atoms with van der Waals surface area (Å²) in [5.41, 5.74) is 1.34. The summed E-state index contributed by atoms with van der Waals surface area (Å²) in [6.07, 6.45) is 5.53. The molecule has 1 aliphatic rings. The van der Waals surface area contributed by atoms with Crippen LogP contribution in [0.25, 0.3) is 0 Å². The molecule has 1 saturated carbocycles. The standard InChI is InChI=1S/C10H18/c1-8(2)5-4-6-10-7-9(10)3/h9-10H,1,4-7H2,2-3H3. The largest absolute Gasteiger partial charge is 0.100 e. The average Bonchev–Trinajstić information content (AvgIpc) is 2.46. The summed E-state index contributed by atoms with van der Waals surface area (Å²) < 4.78 is 0. The maximum Gasteiger partial charge on any atom is -0.0326 e. The highest BCUT2D eigenvalue weighted by Crippen LogP contribution is 2.41. The summed E-state index contributed by atoms with van der Waals surface area (Å²) in [6, 6.07) is 0. The second-order valence-electron chi connectivity index (χ2n) is 3.82. The van der Waals surface area contributed by atoms with Crippen molar-refractivity contribution in [3.8, 4) is 0 Å². The van der Waals surface area contributed by atoms with Crippen molar-refractivity contribution < 1.29 is 0 Å². The molecule has 0 heterocycles. The second-order valence-corrected chi connectivity index (χ2v) is 3.82. The quantitative estimate of drug-likeness (QED) is 0.522. The van der Waals surface area contributed by atoms with Crippen molar-refractivity contribution >= 4 is 0 Å². The third-order valence-corrected chi connectivity index (χ3v) is 2.45. The SMILES string of the molecule is C=C(C)CCCC1CC1C. The zero-order valence-electron chi connectivity index (χ0n) is 7.19. The second kappa shape index (κ2) is 3.23. The van der Waals surface area contributed by atoms with Crippen LogP contribution in [-0.2, 0) is 0 Å². The number of allylic oxidation sites excluding steroid dienone is 1. The van der Waals surface area contributed by atoms with Crippen molar-refractivity contribution in [3.63, 3.8) is 0 Å². The molecule has 2 atom stereocenters. The molecule has 0 N–H and O–H groups in total. The summed E-state index contributed by atoms with van der Waals surface area (Å²) in [6.45, 7) is 8.37. The predicted molar refractivity (Wildman–Crippen MR) is 45.9 cm³/mol. The Labute approximate surface area is 64.3 Å². The van der Waals surface area contributed by atoms with Crippen LogP contribution < -0.4 is 0 Å². The summed E-state index contributed by atoms with van der Waals surface area (Å²) in [7, 11) is 0. The molecule has 1 aliphatic carbocycles. The Balaban J connectivity index is 1.91. The number of hydrogen-bond acceptors (Lipinski definition) is 0. The first-order chi connectivity index (χ1) is 4.70. The van der Waals surface area contributed by atoms with Crippen LogP contribution in [0.3, 0.4) is 0 Å². The van der Waals surface area contributed by atoms with Crippen LogP contribution in [0.15, 0.2) is 12.2 Å². The van der Waals surface area contributed by atoms with Gasteiger partial charge in [0.05, 0.1) is 0 Å². The first kappa shape index (κ1) is 7.84. The van der Waals surface area contributed by atoms with E-state index in [2.05, 4.69) is 20.4 Å². The van der Waals surface area contributed by atoms with Crippen LogP contribution in [0.4, 0.5) is 0 Å². The van der Waals surface area contributed by atoms with E-state index in [0.29, 0.717) is 0 Å². The van der Waals surface area contributed by atoms with Crippen LogP contribution in [0, 0.1) is 11.8 Å². The molecule has 10 heavy (non-hydrogen) atoms. The maximum absolute atomic E-state index is 3.89. The lowest BCUT2D eigenvalue weighted by Crippen LogP contribution is -1.81.